The molecule has 0 atom stereocenters. The quantitative estimate of drug-likeness (QED) is 0.545. The van der Waals surface area contributed by atoms with Crippen LogP contribution in [0.3, 0.4) is 0 Å². The van der Waals surface area contributed by atoms with Crippen LogP contribution in [0.5, 0.6) is 0 Å². The van der Waals surface area contributed by atoms with E-state index >= 15 is 0 Å². The van der Waals surface area contributed by atoms with Crippen LogP contribution in [0.2, 0.25) is 0 Å². The number of hydrogen-bond donors (Lipinski definition) is 0. The summed E-state index contributed by atoms with van der Waals surface area (Å²) in [4.78, 5) is 0. The molecular formula is C10H5BrS2. The summed E-state index contributed by atoms with van der Waals surface area (Å²) in [5.41, 5.74) is 0. The second kappa shape index (κ2) is 2.80. The number of fused-ring (bicyclic) bond motifs is 3. The van der Waals surface area contributed by atoms with E-state index in [4.69, 9.17) is 0 Å². The van der Waals surface area contributed by atoms with Crippen LogP contribution in [0.25, 0.3) is 19.5 Å². The van der Waals surface area contributed by atoms with E-state index in [0.29, 0.717) is 0 Å². The maximum Gasteiger partial charge on any atom is 0.0605 e. The largest absolute Gasteiger partial charge is 0.141 e. The minimum absolute atomic E-state index is 1.23. The lowest BCUT2D eigenvalue weighted by molar-refractivity contribution is 1.87. The second-order valence-electron chi connectivity index (χ2n) is 2.84. The van der Waals surface area contributed by atoms with Crippen molar-refractivity contribution >= 4 is 58.1 Å². The zero-order valence-corrected chi connectivity index (χ0v) is 9.80. The molecule has 0 saturated carbocycles. The van der Waals surface area contributed by atoms with Gasteiger partial charge in [-0.3, -0.25) is 0 Å². The average Bonchev–Trinajstić information content (AvgIpc) is 2.67. The van der Waals surface area contributed by atoms with E-state index in [1.54, 1.807) is 0 Å². The van der Waals surface area contributed by atoms with Crippen molar-refractivity contribution in [2.45, 2.75) is 0 Å². The Hall–Kier alpha value is -0.380. The normalized spacial score (nSPS) is 11.5. The van der Waals surface area contributed by atoms with E-state index in [9.17, 15) is 0 Å². The van der Waals surface area contributed by atoms with Crippen molar-refractivity contribution in [2.24, 2.45) is 0 Å². The van der Waals surface area contributed by atoms with E-state index in [2.05, 4.69) is 45.6 Å². The van der Waals surface area contributed by atoms with Crippen LogP contribution >= 0.6 is 38.6 Å². The molecule has 64 valence electrons. The zero-order valence-electron chi connectivity index (χ0n) is 6.58. The van der Waals surface area contributed by atoms with Gasteiger partial charge in [0, 0.05) is 19.9 Å². The van der Waals surface area contributed by atoms with Gasteiger partial charge in [0.15, 0.2) is 0 Å². The summed E-state index contributed by atoms with van der Waals surface area (Å²) >= 11 is 7.24. The van der Waals surface area contributed by atoms with Gasteiger partial charge in [0.1, 0.15) is 0 Å². The third kappa shape index (κ3) is 1.08. The molecule has 2 aromatic heterocycles. The highest BCUT2D eigenvalue weighted by Crippen LogP contribution is 2.41. The van der Waals surface area contributed by atoms with E-state index < -0.39 is 0 Å². The van der Waals surface area contributed by atoms with Gasteiger partial charge < -0.3 is 0 Å². The Labute approximate surface area is 91.9 Å². The zero-order chi connectivity index (χ0) is 8.84. The van der Waals surface area contributed by atoms with Crippen molar-refractivity contribution in [3.05, 3.63) is 34.1 Å². The molecule has 1 aromatic carbocycles. The molecule has 0 spiro atoms. The molecule has 0 aliphatic carbocycles. The molecular weight excluding hydrogens is 264 g/mol. The van der Waals surface area contributed by atoms with Crippen LogP contribution in [-0.4, -0.2) is 0 Å². The lowest BCUT2D eigenvalue weighted by Crippen LogP contribution is -1.57. The van der Waals surface area contributed by atoms with Gasteiger partial charge in [0.05, 0.1) is 9.40 Å². The fourth-order valence-corrected chi connectivity index (χ4v) is 4.59. The second-order valence-corrected chi connectivity index (χ2v) is 5.63. The Kier molecular flexibility index (Phi) is 1.72. The Morgan fingerprint density at radius 1 is 1.08 bits per heavy atom. The highest BCUT2D eigenvalue weighted by Gasteiger charge is 2.08. The predicted octanol–water partition coefficient (Wildman–Crippen LogP) is 4.88. The average molecular weight is 269 g/mol. The molecule has 0 radical (unpaired) electrons. The van der Waals surface area contributed by atoms with Crippen molar-refractivity contribution in [2.75, 3.05) is 0 Å². The first kappa shape index (κ1) is 7.97. The van der Waals surface area contributed by atoms with Crippen molar-refractivity contribution in [3.63, 3.8) is 0 Å². The van der Waals surface area contributed by atoms with Crippen molar-refractivity contribution in [1.29, 1.82) is 0 Å². The maximum absolute atomic E-state index is 3.57. The van der Waals surface area contributed by atoms with Gasteiger partial charge in [-0.15, -0.1) is 22.7 Å². The van der Waals surface area contributed by atoms with Crippen molar-refractivity contribution < 1.29 is 0 Å². The van der Waals surface area contributed by atoms with E-state index in [1.165, 1.54) is 24.0 Å². The van der Waals surface area contributed by atoms with E-state index in [-0.39, 0.29) is 0 Å². The van der Waals surface area contributed by atoms with Gasteiger partial charge in [-0.05, 0) is 22.0 Å². The van der Waals surface area contributed by atoms with Crippen LogP contribution in [0.15, 0.2) is 34.1 Å². The number of benzene rings is 1. The number of hydrogen-bond acceptors (Lipinski definition) is 2. The SMILES string of the molecule is Brc1csc2c1sc1ccccc12. The summed E-state index contributed by atoms with van der Waals surface area (Å²) in [6.45, 7) is 0. The lowest BCUT2D eigenvalue weighted by Gasteiger charge is -1.84. The summed E-state index contributed by atoms with van der Waals surface area (Å²) in [5, 5.41) is 3.55. The van der Waals surface area contributed by atoms with Gasteiger partial charge in [-0.25, -0.2) is 0 Å². The summed E-state index contributed by atoms with van der Waals surface area (Å²) < 4.78 is 5.40. The first-order valence-electron chi connectivity index (χ1n) is 3.90. The van der Waals surface area contributed by atoms with Gasteiger partial charge >= 0.3 is 0 Å². The first-order chi connectivity index (χ1) is 6.36. The molecule has 3 rings (SSSR count). The van der Waals surface area contributed by atoms with Crippen LogP contribution < -0.4 is 0 Å². The molecule has 0 saturated heterocycles. The third-order valence-electron chi connectivity index (χ3n) is 2.05. The first-order valence-corrected chi connectivity index (χ1v) is 6.39. The molecule has 3 heteroatoms. The molecule has 3 aromatic rings. The van der Waals surface area contributed by atoms with Gasteiger partial charge in [0.25, 0.3) is 0 Å². The minimum Gasteiger partial charge on any atom is -0.141 e. The molecule has 0 bridgehead atoms. The highest BCUT2D eigenvalue weighted by atomic mass is 79.9. The van der Waals surface area contributed by atoms with Gasteiger partial charge in [-0.2, -0.15) is 0 Å². The summed E-state index contributed by atoms with van der Waals surface area (Å²) in [6, 6.07) is 8.56. The Morgan fingerprint density at radius 2 is 1.92 bits per heavy atom. The summed E-state index contributed by atoms with van der Waals surface area (Å²) in [6.07, 6.45) is 0. The predicted molar refractivity (Wildman–Crippen MR) is 64.9 cm³/mol. The van der Waals surface area contributed by atoms with Crippen LogP contribution in [-0.2, 0) is 0 Å². The smallest absolute Gasteiger partial charge is 0.0605 e. The summed E-state index contributed by atoms with van der Waals surface area (Å²) in [7, 11) is 0. The van der Waals surface area contributed by atoms with Crippen LogP contribution in [0.1, 0.15) is 0 Å². The monoisotopic (exact) mass is 268 g/mol. The molecule has 2 heterocycles. The van der Waals surface area contributed by atoms with E-state index in [1.807, 2.05) is 22.7 Å². The standard InChI is InChI=1S/C10H5BrS2/c11-7-5-12-9-6-3-1-2-4-8(6)13-10(7)9/h1-5H. The maximum atomic E-state index is 3.57. The minimum atomic E-state index is 1.23. The topological polar surface area (TPSA) is 0 Å². The van der Waals surface area contributed by atoms with Crippen molar-refractivity contribution in [1.82, 2.24) is 0 Å². The number of halogens is 1. The van der Waals surface area contributed by atoms with Crippen molar-refractivity contribution in [3.8, 4) is 0 Å². The molecule has 0 fully saturated rings. The molecule has 13 heavy (non-hydrogen) atoms. The number of thiophene rings is 2. The Balaban J connectivity index is 2.64. The third-order valence-corrected chi connectivity index (χ3v) is 5.58. The fraction of sp³-hybridized carbons (Fsp3) is 0. The Bertz CT molecular complexity index is 577. The van der Waals surface area contributed by atoms with Gasteiger partial charge in [0.2, 0.25) is 0 Å². The molecule has 0 aliphatic heterocycles. The lowest BCUT2D eigenvalue weighted by atomic mass is 10.2. The molecule has 0 N–H and O–H groups in total. The fourth-order valence-electron chi connectivity index (χ4n) is 1.46. The molecule has 0 unspecified atom stereocenters. The summed E-state index contributed by atoms with van der Waals surface area (Å²) in [5.74, 6) is 0. The molecule has 0 nitrogen and oxygen atoms in total. The number of rotatable bonds is 0. The van der Waals surface area contributed by atoms with E-state index in [0.717, 1.165) is 0 Å². The Morgan fingerprint density at radius 3 is 2.85 bits per heavy atom. The van der Waals surface area contributed by atoms with Crippen LogP contribution in [0, 0.1) is 0 Å². The highest BCUT2D eigenvalue weighted by molar-refractivity contribution is 9.10. The molecule has 0 aliphatic rings. The van der Waals surface area contributed by atoms with Crippen LogP contribution in [0.4, 0.5) is 0 Å². The molecule has 0 amide bonds. The van der Waals surface area contributed by atoms with Gasteiger partial charge in [-0.1, -0.05) is 18.2 Å².